The summed E-state index contributed by atoms with van der Waals surface area (Å²) in [5.74, 6) is 1.54. The van der Waals surface area contributed by atoms with Gasteiger partial charge in [-0.3, -0.25) is 0 Å². The summed E-state index contributed by atoms with van der Waals surface area (Å²) in [7, 11) is 0. The molecule has 3 aromatic carbocycles. The third kappa shape index (κ3) is 2.79. The summed E-state index contributed by atoms with van der Waals surface area (Å²) in [6, 6.07) is 25.8. The Morgan fingerprint density at radius 3 is 2.46 bits per heavy atom. The van der Waals surface area contributed by atoms with E-state index in [-0.39, 0.29) is 0 Å². The number of rotatable bonds is 2. The fraction of sp³-hybridized carbons (Fsp3) is 0. The average molecular weight is 369 g/mol. The molecule has 5 nitrogen and oxygen atoms in total. The van der Waals surface area contributed by atoms with E-state index in [0.717, 1.165) is 11.0 Å². The second-order valence-electron chi connectivity index (χ2n) is 6.25. The van der Waals surface area contributed by atoms with Crippen molar-refractivity contribution < 1.29 is 18.7 Å². The van der Waals surface area contributed by atoms with Crippen LogP contribution in [0.15, 0.2) is 95.6 Å². The van der Waals surface area contributed by atoms with Gasteiger partial charge in [0, 0.05) is 5.39 Å². The second-order valence-corrected chi connectivity index (χ2v) is 6.25. The van der Waals surface area contributed by atoms with E-state index in [1.54, 1.807) is 24.3 Å². The highest BCUT2D eigenvalue weighted by molar-refractivity contribution is 6.05. The number of fused-ring (bicyclic) bond motifs is 2. The van der Waals surface area contributed by atoms with Gasteiger partial charge in [0.05, 0.1) is 5.69 Å². The largest absolute Gasteiger partial charge is 0.460 e. The SMILES string of the molecule is O=C(Oc1ccccc1)N1C(c2cc3ccccc3o2)=COc2ccccc21. The molecule has 0 fully saturated rings. The van der Waals surface area contributed by atoms with Crippen molar-refractivity contribution in [3.63, 3.8) is 0 Å². The summed E-state index contributed by atoms with van der Waals surface area (Å²) in [6.45, 7) is 0. The topological polar surface area (TPSA) is 51.9 Å². The number of ether oxygens (including phenoxy) is 2. The molecular formula is C23H15NO4. The van der Waals surface area contributed by atoms with Crippen molar-refractivity contribution in [1.29, 1.82) is 0 Å². The Hall–Kier alpha value is -3.99. The van der Waals surface area contributed by atoms with Gasteiger partial charge in [-0.15, -0.1) is 0 Å². The van der Waals surface area contributed by atoms with Crippen LogP contribution in [0.1, 0.15) is 5.76 Å². The van der Waals surface area contributed by atoms with Gasteiger partial charge in [-0.05, 0) is 36.4 Å². The van der Waals surface area contributed by atoms with Crippen molar-refractivity contribution >= 4 is 28.4 Å². The number of carbonyl (C=O) groups excluding carboxylic acids is 1. The quantitative estimate of drug-likeness (QED) is 0.446. The summed E-state index contributed by atoms with van der Waals surface area (Å²) < 4.78 is 17.3. The van der Waals surface area contributed by atoms with Crippen molar-refractivity contribution in [2.45, 2.75) is 0 Å². The normalized spacial score (nSPS) is 12.9. The van der Waals surface area contributed by atoms with E-state index in [9.17, 15) is 4.79 Å². The van der Waals surface area contributed by atoms with Gasteiger partial charge in [0.15, 0.2) is 11.5 Å². The first-order valence-electron chi connectivity index (χ1n) is 8.81. The van der Waals surface area contributed by atoms with Crippen molar-refractivity contribution in [3.8, 4) is 11.5 Å². The minimum atomic E-state index is -0.548. The third-order valence-corrected chi connectivity index (χ3v) is 4.45. The highest BCUT2D eigenvalue weighted by Crippen LogP contribution is 2.40. The molecule has 0 saturated carbocycles. The highest BCUT2D eigenvalue weighted by Gasteiger charge is 2.31. The fourth-order valence-electron chi connectivity index (χ4n) is 3.15. The van der Waals surface area contributed by atoms with Gasteiger partial charge in [-0.2, -0.15) is 0 Å². The summed E-state index contributed by atoms with van der Waals surface area (Å²) in [6.07, 6.45) is 0.959. The molecule has 5 rings (SSSR count). The minimum absolute atomic E-state index is 0.459. The van der Waals surface area contributed by atoms with Crippen LogP contribution in [0.2, 0.25) is 0 Å². The Morgan fingerprint density at radius 2 is 1.61 bits per heavy atom. The molecule has 28 heavy (non-hydrogen) atoms. The zero-order valence-corrected chi connectivity index (χ0v) is 14.7. The van der Waals surface area contributed by atoms with E-state index in [1.165, 1.54) is 11.2 Å². The monoisotopic (exact) mass is 369 g/mol. The molecule has 0 unspecified atom stereocenters. The Balaban J connectivity index is 1.58. The summed E-state index contributed by atoms with van der Waals surface area (Å²) >= 11 is 0. The van der Waals surface area contributed by atoms with Gasteiger partial charge in [-0.25, -0.2) is 9.69 Å². The second kappa shape index (κ2) is 6.63. The molecule has 1 amide bonds. The summed E-state index contributed by atoms with van der Waals surface area (Å²) in [4.78, 5) is 14.6. The first-order valence-corrected chi connectivity index (χ1v) is 8.81. The highest BCUT2D eigenvalue weighted by atomic mass is 16.6. The van der Waals surface area contributed by atoms with E-state index in [4.69, 9.17) is 13.9 Å². The number of hydrogen-bond donors (Lipinski definition) is 0. The van der Waals surface area contributed by atoms with Crippen molar-refractivity contribution in [2.24, 2.45) is 0 Å². The standard InChI is InChI=1S/C23H15NO4/c25-23(27-17-9-2-1-3-10-17)24-18-11-5-7-13-21(18)26-15-19(24)22-14-16-8-4-6-12-20(16)28-22/h1-15H. The average Bonchev–Trinajstić information content (AvgIpc) is 3.17. The smallest absolute Gasteiger partial charge is 0.424 e. The van der Waals surface area contributed by atoms with E-state index >= 15 is 0 Å². The van der Waals surface area contributed by atoms with Gasteiger partial charge in [0.25, 0.3) is 0 Å². The molecule has 5 heteroatoms. The Morgan fingerprint density at radius 1 is 0.857 bits per heavy atom. The third-order valence-electron chi connectivity index (χ3n) is 4.45. The number of para-hydroxylation sites is 4. The molecule has 0 bridgehead atoms. The number of furan rings is 1. The zero-order chi connectivity index (χ0) is 18.9. The lowest BCUT2D eigenvalue weighted by molar-refractivity contribution is 0.210. The Labute approximate surface area is 161 Å². The molecule has 0 spiro atoms. The summed E-state index contributed by atoms with van der Waals surface area (Å²) in [5, 5.41) is 0.939. The molecule has 136 valence electrons. The van der Waals surface area contributed by atoms with Gasteiger partial charge >= 0.3 is 6.09 Å². The maximum atomic E-state index is 13.1. The van der Waals surface area contributed by atoms with Crippen LogP contribution in [0.4, 0.5) is 10.5 Å². The van der Waals surface area contributed by atoms with Gasteiger partial charge in [0.1, 0.15) is 23.3 Å². The van der Waals surface area contributed by atoms with Crippen molar-refractivity contribution in [2.75, 3.05) is 4.90 Å². The molecule has 0 atom stereocenters. The van der Waals surface area contributed by atoms with Crippen LogP contribution in [0.5, 0.6) is 11.5 Å². The first kappa shape index (κ1) is 16.2. The molecule has 0 radical (unpaired) electrons. The maximum absolute atomic E-state index is 13.1. The molecule has 4 aromatic rings. The molecule has 0 N–H and O–H groups in total. The van der Waals surface area contributed by atoms with Crippen LogP contribution in [0.25, 0.3) is 16.7 Å². The summed E-state index contributed by atoms with van der Waals surface area (Å²) in [5.41, 5.74) is 1.78. The number of hydrogen-bond acceptors (Lipinski definition) is 4. The van der Waals surface area contributed by atoms with Crippen LogP contribution in [-0.2, 0) is 0 Å². The minimum Gasteiger partial charge on any atom is -0.460 e. The molecule has 1 aromatic heterocycles. The van der Waals surface area contributed by atoms with Crippen LogP contribution < -0.4 is 14.4 Å². The van der Waals surface area contributed by atoms with Crippen LogP contribution in [-0.4, -0.2) is 6.09 Å². The zero-order valence-electron chi connectivity index (χ0n) is 14.7. The Bertz CT molecular complexity index is 1160. The van der Waals surface area contributed by atoms with Gasteiger partial charge in [0.2, 0.25) is 0 Å². The predicted molar refractivity (Wildman–Crippen MR) is 106 cm³/mol. The van der Waals surface area contributed by atoms with E-state index < -0.39 is 6.09 Å². The van der Waals surface area contributed by atoms with Gasteiger partial charge in [-0.1, -0.05) is 48.5 Å². The molecule has 2 heterocycles. The van der Waals surface area contributed by atoms with E-state index in [2.05, 4.69) is 0 Å². The van der Waals surface area contributed by atoms with E-state index in [0.29, 0.717) is 28.6 Å². The lowest BCUT2D eigenvalue weighted by Crippen LogP contribution is -2.34. The number of nitrogens with zero attached hydrogens (tertiary/aromatic N) is 1. The molecular weight excluding hydrogens is 354 g/mol. The van der Waals surface area contributed by atoms with E-state index in [1.807, 2.05) is 60.7 Å². The van der Waals surface area contributed by atoms with Gasteiger partial charge < -0.3 is 13.9 Å². The number of anilines is 1. The molecule has 0 saturated heterocycles. The lowest BCUT2D eigenvalue weighted by Gasteiger charge is -2.28. The lowest BCUT2D eigenvalue weighted by atomic mass is 10.2. The predicted octanol–water partition coefficient (Wildman–Crippen LogP) is 5.83. The molecule has 0 aliphatic carbocycles. The number of carbonyl (C=O) groups is 1. The fourth-order valence-corrected chi connectivity index (χ4v) is 3.15. The van der Waals surface area contributed by atoms with Crippen molar-refractivity contribution in [1.82, 2.24) is 0 Å². The van der Waals surface area contributed by atoms with Crippen LogP contribution in [0, 0.1) is 0 Å². The maximum Gasteiger partial charge on any atom is 0.424 e. The van der Waals surface area contributed by atoms with Crippen LogP contribution >= 0.6 is 0 Å². The number of benzene rings is 3. The molecule has 1 aliphatic rings. The van der Waals surface area contributed by atoms with Crippen molar-refractivity contribution in [3.05, 3.63) is 97.0 Å². The number of amides is 1. The first-order chi connectivity index (χ1) is 13.8. The molecule has 1 aliphatic heterocycles. The Kier molecular flexibility index (Phi) is 3.84. The van der Waals surface area contributed by atoms with Crippen LogP contribution in [0.3, 0.4) is 0 Å².